The van der Waals surface area contributed by atoms with E-state index >= 15 is 0 Å². The van der Waals surface area contributed by atoms with Crippen molar-refractivity contribution in [3.63, 3.8) is 0 Å². The van der Waals surface area contributed by atoms with E-state index in [0.29, 0.717) is 19.8 Å². The van der Waals surface area contributed by atoms with Crippen LogP contribution in [0.1, 0.15) is 30.0 Å². The maximum absolute atomic E-state index is 12.7. The monoisotopic (exact) mass is 456 g/mol. The summed E-state index contributed by atoms with van der Waals surface area (Å²) in [5, 5.41) is 7.01. The lowest BCUT2D eigenvalue weighted by Gasteiger charge is -2.35. The van der Waals surface area contributed by atoms with Gasteiger partial charge in [-0.25, -0.2) is 4.79 Å². The molecule has 32 heavy (non-hydrogen) atoms. The maximum atomic E-state index is 12.7. The van der Waals surface area contributed by atoms with E-state index in [0.717, 1.165) is 56.2 Å². The smallest absolute Gasteiger partial charge is 0.315 e. The molecule has 0 aliphatic carbocycles. The topological polar surface area (TPSA) is 56.8 Å². The van der Waals surface area contributed by atoms with E-state index in [1.54, 1.807) is 0 Å². The summed E-state index contributed by atoms with van der Waals surface area (Å²) in [6.45, 7) is 6.55. The molecule has 0 bridgehead atoms. The standard InChI is InChI=1S/C25H33ClN4O2/c26-23-9-5-4-8-22(23)24(30-14-16-32-17-15-30)18-27-25(31)28-21-10-12-29(13-11-21)19-20-6-2-1-3-7-20/h1-9,21,24H,10-19H2,(H2,27,28,31)/t24-/m1/s1. The fourth-order valence-electron chi connectivity index (χ4n) is 4.57. The number of likely N-dealkylation sites (tertiary alicyclic amines) is 1. The van der Waals surface area contributed by atoms with Crippen molar-refractivity contribution in [2.45, 2.75) is 31.5 Å². The van der Waals surface area contributed by atoms with Crippen LogP contribution in [0.3, 0.4) is 0 Å². The molecular formula is C25H33ClN4O2. The fourth-order valence-corrected chi connectivity index (χ4v) is 4.83. The minimum Gasteiger partial charge on any atom is -0.379 e. The zero-order chi connectivity index (χ0) is 22.2. The Morgan fingerprint density at radius 2 is 1.69 bits per heavy atom. The lowest BCUT2D eigenvalue weighted by atomic mass is 10.0. The van der Waals surface area contributed by atoms with Gasteiger partial charge in [0.05, 0.1) is 19.3 Å². The van der Waals surface area contributed by atoms with Crippen LogP contribution in [0, 0.1) is 0 Å². The number of urea groups is 1. The third-order valence-corrected chi connectivity index (χ3v) is 6.72. The number of carbonyl (C=O) groups excluding carboxylic acids is 1. The highest BCUT2D eigenvalue weighted by Gasteiger charge is 2.26. The molecule has 1 atom stereocenters. The molecule has 2 fully saturated rings. The molecular weight excluding hydrogens is 424 g/mol. The van der Waals surface area contributed by atoms with Crippen LogP contribution >= 0.6 is 11.6 Å². The summed E-state index contributed by atoms with van der Waals surface area (Å²) in [6.07, 6.45) is 1.94. The number of ether oxygens (including phenoxy) is 1. The van der Waals surface area contributed by atoms with Gasteiger partial charge in [0.1, 0.15) is 0 Å². The molecule has 2 aliphatic heterocycles. The van der Waals surface area contributed by atoms with Crippen LogP contribution < -0.4 is 10.6 Å². The van der Waals surface area contributed by atoms with Gasteiger partial charge in [-0.3, -0.25) is 9.80 Å². The van der Waals surface area contributed by atoms with E-state index in [1.165, 1.54) is 5.56 Å². The van der Waals surface area contributed by atoms with Gasteiger partial charge in [0, 0.05) is 50.3 Å². The largest absolute Gasteiger partial charge is 0.379 e. The van der Waals surface area contributed by atoms with Crippen LogP contribution in [-0.4, -0.2) is 67.8 Å². The molecule has 7 heteroatoms. The van der Waals surface area contributed by atoms with Gasteiger partial charge in [-0.15, -0.1) is 0 Å². The third kappa shape index (κ3) is 6.45. The summed E-state index contributed by atoms with van der Waals surface area (Å²) in [4.78, 5) is 17.5. The second kappa shape index (κ2) is 11.7. The van der Waals surface area contributed by atoms with Gasteiger partial charge in [-0.1, -0.05) is 60.1 Å². The number of nitrogens with zero attached hydrogens (tertiary/aromatic N) is 2. The molecule has 0 saturated carbocycles. The van der Waals surface area contributed by atoms with Crippen molar-refractivity contribution >= 4 is 17.6 Å². The first-order valence-corrected chi connectivity index (χ1v) is 11.9. The highest BCUT2D eigenvalue weighted by molar-refractivity contribution is 6.31. The molecule has 0 spiro atoms. The Hall–Kier alpha value is -2.12. The lowest BCUT2D eigenvalue weighted by molar-refractivity contribution is 0.0167. The molecule has 0 aromatic heterocycles. The minimum atomic E-state index is -0.100. The number of benzene rings is 2. The summed E-state index contributed by atoms with van der Waals surface area (Å²) in [5.41, 5.74) is 2.39. The fraction of sp³-hybridized carbons (Fsp3) is 0.480. The quantitative estimate of drug-likeness (QED) is 0.667. The summed E-state index contributed by atoms with van der Waals surface area (Å²) in [5.74, 6) is 0. The van der Waals surface area contributed by atoms with Crippen LogP contribution in [-0.2, 0) is 11.3 Å². The zero-order valence-electron chi connectivity index (χ0n) is 18.5. The van der Waals surface area contributed by atoms with Gasteiger partial charge in [-0.2, -0.15) is 0 Å². The third-order valence-electron chi connectivity index (χ3n) is 6.38. The van der Waals surface area contributed by atoms with Gasteiger partial charge in [0.15, 0.2) is 0 Å². The van der Waals surface area contributed by atoms with Gasteiger partial charge in [0.25, 0.3) is 0 Å². The van der Waals surface area contributed by atoms with Crippen molar-refractivity contribution in [2.24, 2.45) is 0 Å². The number of amides is 2. The van der Waals surface area contributed by atoms with Crippen LogP contribution in [0.5, 0.6) is 0 Å². The zero-order valence-corrected chi connectivity index (χ0v) is 19.3. The first-order chi connectivity index (χ1) is 15.7. The maximum Gasteiger partial charge on any atom is 0.315 e. The number of morpholine rings is 1. The second-order valence-electron chi connectivity index (χ2n) is 8.58. The van der Waals surface area contributed by atoms with E-state index in [2.05, 4.69) is 44.7 Å². The van der Waals surface area contributed by atoms with Crippen molar-refractivity contribution in [3.05, 3.63) is 70.7 Å². The first kappa shape index (κ1) is 23.1. The molecule has 2 aliphatic rings. The average molecular weight is 457 g/mol. The summed E-state index contributed by atoms with van der Waals surface area (Å²) >= 11 is 6.49. The highest BCUT2D eigenvalue weighted by atomic mass is 35.5. The first-order valence-electron chi connectivity index (χ1n) is 11.6. The summed E-state index contributed by atoms with van der Waals surface area (Å²) < 4.78 is 5.51. The molecule has 0 radical (unpaired) electrons. The van der Waals surface area contributed by atoms with Crippen molar-refractivity contribution in [2.75, 3.05) is 45.9 Å². The number of rotatable bonds is 7. The van der Waals surface area contributed by atoms with Gasteiger partial charge in [-0.05, 0) is 30.0 Å². The predicted octanol–water partition coefficient (Wildman–Crippen LogP) is 3.68. The molecule has 2 saturated heterocycles. The van der Waals surface area contributed by atoms with Crippen molar-refractivity contribution in [1.82, 2.24) is 20.4 Å². The molecule has 0 unspecified atom stereocenters. The lowest BCUT2D eigenvalue weighted by Crippen LogP contribution is -2.50. The van der Waals surface area contributed by atoms with Crippen LogP contribution in [0.2, 0.25) is 5.02 Å². The Morgan fingerprint density at radius 1 is 1.00 bits per heavy atom. The second-order valence-corrected chi connectivity index (χ2v) is 8.98. The number of halogens is 1. The Labute approximate surface area is 195 Å². The number of carbonyl (C=O) groups is 1. The molecule has 2 aromatic carbocycles. The minimum absolute atomic E-state index is 0.0334. The molecule has 2 amide bonds. The Bertz CT molecular complexity index is 852. The summed E-state index contributed by atoms with van der Waals surface area (Å²) in [6, 6.07) is 18.6. The van der Waals surface area contributed by atoms with E-state index in [4.69, 9.17) is 16.3 Å². The number of nitrogens with one attached hydrogen (secondary N) is 2. The number of hydrogen-bond acceptors (Lipinski definition) is 4. The van der Waals surface area contributed by atoms with Crippen LogP contribution in [0.4, 0.5) is 4.79 Å². The Kier molecular flexibility index (Phi) is 8.40. The molecule has 172 valence electrons. The van der Waals surface area contributed by atoms with Crippen LogP contribution in [0.25, 0.3) is 0 Å². The van der Waals surface area contributed by atoms with Gasteiger partial charge in [0.2, 0.25) is 0 Å². The van der Waals surface area contributed by atoms with Crippen molar-refractivity contribution < 1.29 is 9.53 Å². The van der Waals surface area contributed by atoms with E-state index in [1.807, 2.05) is 30.3 Å². The molecule has 4 rings (SSSR count). The van der Waals surface area contributed by atoms with Crippen molar-refractivity contribution in [1.29, 1.82) is 0 Å². The summed E-state index contributed by atoms with van der Waals surface area (Å²) in [7, 11) is 0. The average Bonchev–Trinajstić information content (AvgIpc) is 2.83. The van der Waals surface area contributed by atoms with E-state index in [9.17, 15) is 4.79 Å². The van der Waals surface area contributed by atoms with E-state index in [-0.39, 0.29) is 18.1 Å². The normalized spacial score (nSPS) is 19.4. The number of hydrogen-bond donors (Lipinski definition) is 2. The Morgan fingerprint density at radius 3 is 2.41 bits per heavy atom. The highest BCUT2D eigenvalue weighted by Crippen LogP contribution is 2.27. The van der Waals surface area contributed by atoms with Gasteiger partial charge < -0.3 is 15.4 Å². The van der Waals surface area contributed by atoms with Crippen LogP contribution in [0.15, 0.2) is 54.6 Å². The SMILES string of the molecule is O=C(NC[C@H](c1ccccc1Cl)N1CCOCC1)NC1CCN(Cc2ccccc2)CC1. The number of piperidine rings is 1. The Balaban J connectivity index is 1.26. The predicted molar refractivity (Wildman–Crippen MR) is 128 cm³/mol. The van der Waals surface area contributed by atoms with Crippen molar-refractivity contribution in [3.8, 4) is 0 Å². The molecule has 2 aromatic rings. The van der Waals surface area contributed by atoms with Gasteiger partial charge >= 0.3 is 6.03 Å². The molecule has 6 nitrogen and oxygen atoms in total. The molecule has 2 N–H and O–H groups in total. The molecule has 2 heterocycles. The van der Waals surface area contributed by atoms with E-state index < -0.39 is 0 Å².